The van der Waals surface area contributed by atoms with Gasteiger partial charge in [0.25, 0.3) is 5.91 Å². The monoisotopic (exact) mass is 426 g/mol. The molecule has 0 atom stereocenters. The molecule has 4 rings (SSSR count). The van der Waals surface area contributed by atoms with Crippen LogP contribution in [0, 0.1) is 11.6 Å². The first kappa shape index (κ1) is 21.0. The smallest absolute Gasteiger partial charge is 0.338 e. The molecule has 1 aromatic heterocycles. The minimum atomic E-state index is -0.855. The van der Waals surface area contributed by atoms with Crippen LogP contribution in [0.1, 0.15) is 47.4 Å². The van der Waals surface area contributed by atoms with Crippen LogP contribution in [0.5, 0.6) is 0 Å². The number of carbonyl (C=O) groups is 1. The zero-order chi connectivity index (χ0) is 22.0. The number of halogens is 2. The van der Waals surface area contributed by atoms with Crippen molar-refractivity contribution in [2.45, 2.75) is 38.8 Å². The van der Waals surface area contributed by atoms with Gasteiger partial charge in [0.2, 0.25) is 0 Å². The van der Waals surface area contributed by atoms with Gasteiger partial charge in [0, 0.05) is 25.6 Å². The van der Waals surface area contributed by atoms with Crippen LogP contribution in [-0.4, -0.2) is 38.2 Å². The van der Waals surface area contributed by atoms with E-state index >= 15 is 0 Å². The molecule has 0 saturated carbocycles. The van der Waals surface area contributed by atoms with Crippen molar-refractivity contribution in [1.29, 1.82) is 0 Å². The number of benzene rings is 2. The normalized spacial score (nSPS) is 14.7. The highest BCUT2D eigenvalue weighted by atomic mass is 19.1. The minimum Gasteiger partial charge on any atom is -0.338 e. The van der Waals surface area contributed by atoms with Crippen LogP contribution in [0.3, 0.4) is 0 Å². The summed E-state index contributed by atoms with van der Waals surface area (Å²) in [6.45, 7) is 3.49. The molecule has 0 bridgehead atoms. The number of hydrogen-bond donors (Lipinski definition) is 0. The molecule has 8 heteroatoms. The molecule has 1 aliphatic heterocycles. The predicted molar refractivity (Wildman–Crippen MR) is 112 cm³/mol. The fourth-order valence-electron chi connectivity index (χ4n) is 4.12. The molecule has 3 aromatic rings. The molecule has 162 valence electrons. The molecular formula is C23H24F2N4O2. The summed E-state index contributed by atoms with van der Waals surface area (Å²) in [5.41, 5.74) is 0.316. The number of nitrogens with zero attached hydrogens (tertiary/aromatic N) is 4. The average molecular weight is 426 g/mol. The van der Waals surface area contributed by atoms with Crippen LogP contribution in [0.4, 0.5) is 8.78 Å². The largest absolute Gasteiger partial charge is 0.346 e. The Balaban J connectivity index is 1.50. The third-order valence-corrected chi connectivity index (χ3v) is 5.77. The summed E-state index contributed by atoms with van der Waals surface area (Å²) < 4.78 is 31.1. The van der Waals surface area contributed by atoms with E-state index < -0.39 is 23.1 Å². The Morgan fingerprint density at radius 3 is 2.29 bits per heavy atom. The summed E-state index contributed by atoms with van der Waals surface area (Å²) in [6, 6.07) is 13.1. The number of hydrogen-bond acceptors (Lipinski definition) is 3. The van der Waals surface area contributed by atoms with Gasteiger partial charge in [-0.05, 0) is 37.5 Å². The van der Waals surface area contributed by atoms with Crippen molar-refractivity contribution in [2.75, 3.05) is 13.1 Å². The highest BCUT2D eigenvalue weighted by molar-refractivity contribution is 5.94. The quantitative estimate of drug-likeness (QED) is 0.628. The molecule has 2 heterocycles. The Bertz CT molecular complexity index is 1110. The summed E-state index contributed by atoms with van der Waals surface area (Å²) in [4.78, 5) is 26.9. The number of carbonyl (C=O) groups excluding carboxylic acids is 1. The summed E-state index contributed by atoms with van der Waals surface area (Å²) in [5.74, 6) is -1.65. The minimum absolute atomic E-state index is 0.000749. The van der Waals surface area contributed by atoms with Gasteiger partial charge in [-0.3, -0.25) is 9.36 Å². The third kappa shape index (κ3) is 4.15. The van der Waals surface area contributed by atoms with Crippen molar-refractivity contribution in [3.8, 4) is 0 Å². The number of amides is 1. The molecule has 0 spiro atoms. The SMILES string of the molecule is CCn1c(C2CCN(C(=O)c3c(F)cccc3F)CC2)nn(Cc2ccccc2)c1=O. The van der Waals surface area contributed by atoms with E-state index in [1.807, 2.05) is 37.3 Å². The van der Waals surface area contributed by atoms with Gasteiger partial charge >= 0.3 is 5.69 Å². The molecule has 0 unspecified atom stereocenters. The van der Waals surface area contributed by atoms with E-state index in [2.05, 4.69) is 5.10 Å². The number of rotatable bonds is 5. The molecule has 1 amide bonds. The van der Waals surface area contributed by atoms with Crippen LogP contribution < -0.4 is 5.69 Å². The molecule has 6 nitrogen and oxygen atoms in total. The number of likely N-dealkylation sites (tertiary alicyclic amines) is 1. The van der Waals surface area contributed by atoms with Crippen molar-refractivity contribution < 1.29 is 13.6 Å². The number of piperidine rings is 1. The molecule has 2 aromatic carbocycles. The molecule has 0 N–H and O–H groups in total. The maximum atomic E-state index is 14.0. The lowest BCUT2D eigenvalue weighted by Crippen LogP contribution is -2.39. The second-order valence-corrected chi connectivity index (χ2v) is 7.69. The van der Waals surface area contributed by atoms with Crippen LogP contribution >= 0.6 is 0 Å². The van der Waals surface area contributed by atoms with Gasteiger partial charge in [0.15, 0.2) is 0 Å². The molecule has 0 radical (unpaired) electrons. The summed E-state index contributed by atoms with van der Waals surface area (Å²) in [5, 5.41) is 4.60. The van der Waals surface area contributed by atoms with E-state index in [4.69, 9.17) is 0 Å². The summed E-state index contributed by atoms with van der Waals surface area (Å²) in [7, 11) is 0. The fourth-order valence-corrected chi connectivity index (χ4v) is 4.12. The lowest BCUT2D eigenvalue weighted by Gasteiger charge is -2.31. The van der Waals surface area contributed by atoms with Gasteiger partial charge in [-0.15, -0.1) is 0 Å². The highest BCUT2D eigenvalue weighted by Crippen LogP contribution is 2.28. The van der Waals surface area contributed by atoms with E-state index in [9.17, 15) is 18.4 Å². The van der Waals surface area contributed by atoms with E-state index in [-0.39, 0.29) is 11.6 Å². The van der Waals surface area contributed by atoms with Gasteiger partial charge in [-0.1, -0.05) is 36.4 Å². The lowest BCUT2D eigenvalue weighted by atomic mass is 9.95. The molecule has 31 heavy (non-hydrogen) atoms. The Morgan fingerprint density at radius 2 is 1.68 bits per heavy atom. The van der Waals surface area contributed by atoms with Crippen molar-refractivity contribution in [1.82, 2.24) is 19.2 Å². The molecule has 0 aliphatic carbocycles. The Morgan fingerprint density at radius 1 is 1.03 bits per heavy atom. The first-order valence-corrected chi connectivity index (χ1v) is 10.4. The first-order chi connectivity index (χ1) is 15.0. The molecule has 1 fully saturated rings. The van der Waals surface area contributed by atoms with Crippen molar-refractivity contribution in [3.63, 3.8) is 0 Å². The Hall–Kier alpha value is -3.29. The average Bonchev–Trinajstić information content (AvgIpc) is 3.09. The van der Waals surface area contributed by atoms with Crippen molar-refractivity contribution >= 4 is 5.91 Å². The Labute approximate surface area is 178 Å². The maximum absolute atomic E-state index is 14.0. The van der Waals surface area contributed by atoms with Crippen LogP contribution in [-0.2, 0) is 13.1 Å². The number of aromatic nitrogens is 3. The molecular weight excluding hydrogens is 402 g/mol. The van der Waals surface area contributed by atoms with E-state index in [1.165, 1.54) is 15.6 Å². The van der Waals surface area contributed by atoms with E-state index in [0.717, 1.165) is 17.7 Å². The van der Waals surface area contributed by atoms with Crippen LogP contribution in [0.15, 0.2) is 53.3 Å². The predicted octanol–water partition coefficient (Wildman–Crippen LogP) is 3.41. The first-order valence-electron chi connectivity index (χ1n) is 10.4. The van der Waals surface area contributed by atoms with E-state index in [1.54, 1.807) is 4.57 Å². The fraction of sp³-hybridized carbons (Fsp3) is 0.348. The second-order valence-electron chi connectivity index (χ2n) is 7.69. The van der Waals surface area contributed by atoms with Crippen LogP contribution in [0.2, 0.25) is 0 Å². The zero-order valence-corrected chi connectivity index (χ0v) is 17.3. The van der Waals surface area contributed by atoms with Gasteiger partial charge in [-0.2, -0.15) is 5.10 Å². The topological polar surface area (TPSA) is 60.1 Å². The molecule has 1 aliphatic rings. The maximum Gasteiger partial charge on any atom is 0.346 e. The lowest BCUT2D eigenvalue weighted by molar-refractivity contribution is 0.0700. The highest BCUT2D eigenvalue weighted by Gasteiger charge is 2.30. The summed E-state index contributed by atoms with van der Waals surface area (Å²) >= 11 is 0. The third-order valence-electron chi connectivity index (χ3n) is 5.77. The second kappa shape index (κ2) is 8.83. The van der Waals surface area contributed by atoms with Gasteiger partial charge in [-0.25, -0.2) is 18.3 Å². The summed E-state index contributed by atoms with van der Waals surface area (Å²) in [6.07, 6.45) is 1.15. The van der Waals surface area contributed by atoms with E-state index in [0.29, 0.717) is 44.8 Å². The Kier molecular flexibility index (Phi) is 5.97. The van der Waals surface area contributed by atoms with Gasteiger partial charge < -0.3 is 4.90 Å². The zero-order valence-electron chi connectivity index (χ0n) is 17.3. The van der Waals surface area contributed by atoms with Crippen molar-refractivity contribution in [2.24, 2.45) is 0 Å². The molecule has 1 saturated heterocycles. The van der Waals surface area contributed by atoms with Gasteiger partial charge in [0.1, 0.15) is 23.0 Å². The standard InChI is InChI=1S/C23H24F2N4O2/c1-2-28-21(26-29(23(28)31)15-16-7-4-3-5-8-16)17-11-13-27(14-12-17)22(30)20-18(24)9-6-10-19(20)25/h3-10,17H,2,11-15H2,1H3. The van der Waals surface area contributed by atoms with Crippen LogP contribution in [0.25, 0.3) is 0 Å². The van der Waals surface area contributed by atoms with Gasteiger partial charge in [0.05, 0.1) is 6.54 Å². The van der Waals surface area contributed by atoms with Crippen molar-refractivity contribution in [3.05, 3.63) is 87.6 Å².